The summed E-state index contributed by atoms with van der Waals surface area (Å²) in [6.07, 6.45) is 0. The van der Waals surface area contributed by atoms with Gasteiger partial charge in [0.1, 0.15) is 11.5 Å². The molecule has 0 saturated carbocycles. The lowest BCUT2D eigenvalue weighted by Crippen LogP contribution is -2.24. The molecule has 0 atom stereocenters. The van der Waals surface area contributed by atoms with Crippen LogP contribution in [-0.4, -0.2) is 35.6 Å². The first kappa shape index (κ1) is 18.8. The van der Waals surface area contributed by atoms with Gasteiger partial charge < -0.3 is 14.8 Å². The van der Waals surface area contributed by atoms with Crippen molar-refractivity contribution in [2.45, 2.75) is 11.4 Å². The van der Waals surface area contributed by atoms with Crippen LogP contribution in [0.15, 0.2) is 47.4 Å². The van der Waals surface area contributed by atoms with Crippen molar-refractivity contribution in [3.8, 4) is 11.5 Å². The standard InChI is InChI=1S/C17H20N2O5S/c1-18-17(20)15-10-14(7-8-16(15)24-3)25(21,22)19-11-12-5-4-6-13(9-12)23-2/h4-10,19H,11H2,1-3H3,(H,18,20). The Bertz CT molecular complexity index is 865. The molecule has 7 nitrogen and oxygen atoms in total. The molecule has 8 heteroatoms. The molecule has 2 aromatic rings. The number of rotatable bonds is 7. The first-order chi connectivity index (χ1) is 11.9. The van der Waals surface area contributed by atoms with Gasteiger partial charge in [-0.2, -0.15) is 0 Å². The largest absolute Gasteiger partial charge is 0.497 e. The second kappa shape index (κ2) is 8.00. The number of benzene rings is 2. The van der Waals surface area contributed by atoms with Crippen LogP contribution >= 0.6 is 0 Å². The van der Waals surface area contributed by atoms with Crippen LogP contribution in [0, 0.1) is 0 Å². The van der Waals surface area contributed by atoms with E-state index in [0.717, 1.165) is 5.56 Å². The van der Waals surface area contributed by atoms with Gasteiger partial charge in [-0.1, -0.05) is 12.1 Å². The average Bonchev–Trinajstić information content (AvgIpc) is 2.65. The van der Waals surface area contributed by atoms with Crippen molar-refractivity contribution in [2.75, 3.05) is 21.3 Å². The highest BCUT2D eigenvalue weighted by Gasteiger charge is 2.19. The predicted molar refractivity (Wildman–Crippen MR) is 93.4 cm³/mol. The topological polar surface area (TPSA) is 93.7 Å². The van der Waals surface area contributed by atoms with Crippen LogP contribution in [0.3, 0.4) is 0 Å². The lowest BCUT2D eigenvalue weighted by atomic mass is 10.2. The van der Waals surface area contributed by atoms with E-state index < -0.39 is 15.9 Å². The van der Waals surface area contributed by atoms with Gasteiger partial charge in [-0.15, -0.1) is 0 Å². The van der Waals surface area contributed by atoms with Gasteiger partial charge in [0.2, 0.25) is 10.0 Å². The number of carbonyl (C=O) groups excluding carboxylic acids is 1. The zero-order chi connectivity index (χ0) is 18.4. The van der Waals surface area contributed by atoms with Gasteiger partial charge in [0.05, 0.1) is 24.7 Å². The molecule has 2 rings (SSSR count). The number of amides is 1. The Kier molecular flexibility index (Phi) is 6.00. The minimum absolute atomic E-state index is 0.0187. The molecule has 0 fully saturated rings. The Morgan fingerprint density at radius 1 is 1.08 bits per heavy atom. The van der Waals surface area contributed by atoms with Crippen molar-refractivity contribution in [1.29, 1.82) is 0 Å². The highest BCUT2D eigenvalue weighted by Crippen LogP contribution is 2.22. The minimum atomic E-state index is -3.79. The summed E-state index contributed by atoms with van der Waals surface area (Å²) in [6.45, 7) is 0.0981. The van der Waals surface area contributed by atoms with Crippen molar-refractivity contribution in [3.05, 3.63) is 53.6 Å². The third-order valence-corrected chi connectivity index (χ3v) is 4.95. The minimum Gasteiger partial charge on any atom is -0.497 e. The number of carbonyl (C=O) groups is 1. The smallest absolute Gasteiger partial charge is 0.254 e. The molecular formula is C17H20N2O5S. The maximum atomic E-state index is 12.5. The first-order valence-electron chi connectivity index (χ1n) is 7.44. The fourth-order valence-electron chi connectivity index (χ4n) is 2.21. The molecule has 25 heavy (non-hydrogen) atoms. The van der Waals surface area contributed by atoms with Crippen molar-refractivity contribution < 1.29 is 22.7 Å². The van der Waals surface area contributed by atoms with E-state index in [2.05, 4.69) is 10.0 Å². The number of sulfonamides is 1. The molecule has 134 valence electrons. The highest BCUT2D eigenvalue weighted by molar-refractivity contribution is 7.89. The summed E-state index contributed by atoms with van der Waals surface area (Å²) < 4.78 is 37.7. The first-order valence-corrected chi connectivity index (χ1v) is 8.92. The van der Waals surface area contributed by atoms with Gasteiger partial charge in [0.15, 0.2) is 0 Å². The van der Waals surface area contributed by atoms with E-state index in [1.807, 2.05) is 0 Å². The lowest BCUT2D eigenvalue weighted by Gasteiger charge is -2.11. The quantitative estimate of drug-likeness (QED) is 0.777. The van der Waals surface area contributed by atoms with E-state index in [9.17, 15) is 13.2 Å². The van der Waals surface area contributed by atoms with Crippen LogP contribution in [-0.2, 0) is 16.6 Å². The highest BCUT2D eigenvalue weighted by atomic mass is 32.2. The van der Waals surface area contributed by atoms with Crippen molar-refractivity contribution in [3.63, 3.8) is 0 Å². The summed E-state index contributed by atoms with van der Waals surface area (Å²) in [5.74, 6) is 0.510. The van der Waals surface area contributed by atoms with Crippen LogP contribution in [0.2, 0.25) is 0 Å². The molecule has 0 saturated heterocycles. The van der Waals surface area contributed by atoms with Gasteiger partial charge in [-0.05, 0) is 35.9 Å². The Hall–Kier alpha value is -2.58. The van der Waals surface area contributed by atoms with Crippen LogP contribution < -0.4 is 19.5 Å². The van der Waals surface area contributed by atoms with E-state index in [4.69, 9.17) is 9.47 Å². The van der Waals surface area contributed by atoms with Gasteiger partial charge in [-0.25, -0.2) is 13.1 Å². The predicted octanol–water partition coefficient (Wildman–Crippen LogP) is 1.54. The van der Waals surface area contributed by atoms with Crippen LogP contribution in [0.5, 0.6) is 11.5 Å². The van der Waals surface area contributed by atoms with Gasteiger partial charge >= 0.3 is 0 Å². The van der Waals surface area contributed by atoms with Crippen molar-refractivity contribution in [1.82, 2.24) is 10.0 Å². The fourth-order valence-corrected chi connectivity index (χ4v) is 3.25. The molecule has 0 bridgehead atoms. The van der Waals surface area contributed by atoms with E-state index in [1.165, 1.54) is 32.4 Å². The fraction of sp³-hybridized carbons (Fsp3) is 0.235. The summed E-state index contributed by atoms with van der Waals surface area (Å²) in [7, 11) is 0.625. The normalized spacial score (nSPS) is 11.0. The summed E-state index contributed by atoms with van der Waals surface area (Å²) >= 11 is 0. The third-order valence-electron chi connectivity index (χ3n) is 3.55. The lowest BCUT2D eigenvalue weighted by molar-refractivity contribution is 0.0960. The molecule has 0 aromatic heterocycles. The molecule has 1 amide bonds. The maximum Gasteiger partial charge on any atom is 0.254 e. The Morgan fingerprint density at radius 3 is 2.48 bits per heavy atom. The molecule has 0 radical (unpaired) electrons. The zero-order valence-electron chi connectivity index (χ0n) is 14.2. The molecule has 2 aromatic carbocycles. The number of ether oxygens (including phenoxy) is 2. The van der Waals surface area contributed by atoms with E-state index in [1.54, 1.807) is 31.4 Å². The number of methoxy groups -OCH3 is 2. The molecule has 0 aliphatic heterocycles. The molecule has 0 aliphatic carbocycles. The van der Waals surface area contributed by atoms with Crippen LogP contribution in [0.25, 0.3) is 0 Å². The zero-order valence-corrected chi connectivity index (χ0v) is 15.0. The summed E-state index contributed by atoms with van der Waals surface area (Å²) in [5.41, 5.74) is 0.900. The number of hydrogen-bond acceptors (Lipinski definition) is 5. The van der Waals surface area contributed by atoms with E-state index in [0.29, 0.717) is 11.5 Å². The van der Waals surface area contributed by atoms with Crippen LogP contribution in [0.4, 0.5) is 0 Å². The summed E-state index contributed by atoms with van der Waals surface area (Å²) in [5, 5.41) is 2.46. The maximum absolute atomic E-state index is 12.5. The molecule has 2 N–H and O–H groups in total. The number of nitrogens with one attached hydrogen (secondary N) is 2. The van der Waals surface area contributed by atoms with Gasteiger partial charge in [-0.3, -0.25) is 4.79 Å². The second-order valence-corrected chi connectivity index (χ2v) is 6.88. The SMILES string of the molecule is CNC(=O)c1cc(S(=O)(=O)NCc2cccc(OC)c2)ccc1OC. The molecular weight excluding hydrogens is 344 g/mol. The van der Waals surface area contributed by atoms with E-state index in [-0.39, 0.29) is 17.0 Å². The Balaban J connectivity index is 2.25. The van der Waals surface area contributed by atoms with Crippen molar-refractivity contribution >= 4 is 15.9 Å². The second-order valence-electron chi connectivity index (χ2n) is 5.12. The molecule has 0 spiro atoms. The third kappa shape index (κ3) is 4.49. The molecule has 0 aliphatic rings. The Morgan fingerprint density at radius 2 is 1.84 bits per heavy atom. The summed E-state index contributed by atoms with van der Waals surface area (Å²) in [6, 6.07) is 11.2. The van der Waals surface area contributed by atoms with Crippen molar-refractivity contribution in [2.24, 2.45) is 0 Å². The molecule has 0 heterocycles. The van der Waals surface area contributed by atoms with Crippen LogP contribution in [0.1, 0.15) is 15.9 Å². The Labute approximate surface area is 147 Å². The van der Waals surface area contributed by atoms with Gasteiger partial charge in [0, 0.05) is 13.6 Å². The molecule has 0 unspecified atom stereocenters. The van der Waals surface area contributed by atoms with E-state index >= 15 is 0 Å². The number of hydrogen-bond donors (Lipinski definition) is 2. The monoisotopic (exact) mass is 364 g/mol. The average molecular weight is 364 g/mol. The summed E-state index contributed by atoms with van der Waals surface area (Å²) in [4.78, 5) is 11.9. The van der Waals surface area contributed by atoms with Gasteiger partial charge in [0.25, 0.3) is 5.91 Å².